The summed E-state index contributed by atoms with van der Waals surface area (Å²) in [6.07, 6.45) is 1.67. The molecule has 0 aliphatic carbocycles. The number of carbonyl (C=O) groups excluding carboxylic acids is 4. The Morgan fingerprint density at radius 1 is 0.971 bits per heavy atom. The summed E-state index contributed by atoms with van der Waals surface area (Å²) >= 11 is 0. The standard InChI is InChI=1S/C23H22N4O4.C2H4O2/c24-19(21(25)29)20(28)18-15-9-3-4-10-16(15)26-17(18)11-5-6-12-27-22(30)13-7-1-2-8-14(13)23(27)31;1-2(3)4/h1-4,7-10,19,26H,5-6,11-12,24H2,(H2,25,29);1H3,(H,3,4). The maximum Gasteiger partial charge on any atom is 0.300 e. The van der Waals surface area contributed by atoms with Gasteiger partial charge in [0, 0.05) is 35.6 Å². The van der Waals surface area contributed by atoms with Gasteiger partial charge in [-0.25, -0.2) is 0 Å². The monoisotopic (exact) mass is 478 g/mol. The summed E-state index contributed by atoms with van der Waals surface area (Å²) < 4.78 is 0. The summed E-state index contributed by atoms with van der Waals surface area (Å²) in [6.45, 7) is 1.37. The first-order valence-corrected chi connectivity index (χ1v) is 11.0. The highest BCUT2D eigenvalue weighted by Gasteiger charge is 2.34. The van der Waals surface area contributed by atoms with Crippen molar-refractivity contribution < 1.29 is 29.1 Å². The summed E-state index contributed by atoms with van der Waals surface area (Å²) in [4.78, 5) is 62.6. The fraction of sp³-hybridized carbons (Fsp3) is 0.240. The number of hydrogen-bond acceptors (Lipinski definition) is 6. The summed E-state index contributed by atoms with van der Waals surface area (Å²) in [5.41, 5.74) is 13.6. The molecule has 0 saturated carbocycles. The Balaban J connectivity index is 0.000000795. The van der Waals surface area contributed by atoms with E-state index >= 15 is 0 Å². The van der Waals surface area contributed by atoms with Crippen molar-refractivity contribution in [3.05, 3.63) is 70.9 Å². The number of benzene rings is 2. The lowest BCUT2D eigenvalue weighted by atomic mass is 9.98. The van der Waals surface area contributed by atoms with E-state index in [-0.39, 0.29) is 18.4 Å². The van der Waals surface area contributed by atoms with E-state index in [0.717, 1.165) is 12.4 Å². The van der Waals surface area contributed by atoms with E-state index in [9.17, 15) is 19.2 Å². The zero-order valence-corrected chi connectivity index (χ0v) is 19.1. The Labute approximate surface area is 200 Å². The number of imide groups is 1. The van der Waals surface area contributed by atoms with E-state index in [1.165, 1.54) is 4.90 Å². The number of aliphatic carboxylic acids is 1. The minimum atomic E-state index is -1.42. The van der Waals surface area contributed by atoms with E-state index in [2.05, 4.69) is 4.98 Å². The number of nitrogens with two attached hydrogens (primary N) is 2. The molecule has 0 fully saturated rings. The van der Waals surface area contributed by atoms with Crippen LogP contribution in [0.3, 0.4) is 0 Å². The van der Waals surface area contributed by atoms with Gasteiger partial charge < -0.3 is 21.6 Å². The molecule has 0 radical (unpaired) electrons. The zero-order valence-electron chi connectivity index (χ0n) is 19.1. The van der Waals surface area contributed by atoms with Crippen molar-refractivity contribution >= 4 is 40.4 Å². The number of rotatable bonds is 8. The number of hydrogen-bond donors (Lipinski definition) is 4. The highest BCUT2D eigenvalue weighted by Crippen LogP contribution is 2.26. The highest BCUT2D eigenvalue weighted by molar-refractivity contribution is 6.21. The van der Waals surface area contributed by atoms with Crippen LogP contribution < -0.4 is 11.5 Å². The molecule has 3 amide bonds. The average Bonchev–Trinajstić information content (AvgIpc) is 3.30. The first-order valence-electron chi connectivity index (χ1n) is 11.0. The van der Waals surface area contributed by atoms with Crippen molar-refractivity contribution in [3.8, 4) is 0 Å². The molecule has 3 aromatic rings. The molecule has 0 bridgehead atoms. The lowest BCUT2D eigenvalue weighted by molar-refractivity contribution is -0.134. The van der Waals surface area contributed by atoms with Gasteiger partial charge in [-0.2, -0.15) is 0 Å². The van der Waals surface area contributed by atoms with Crippen LogP contribution in [0.15, 0.2) is 48.5 Å². The smallest absolute Gasteiger partial charge is 0.300 e. The molecule has 10 heteroatoms. The van der Waals surface area contributed by atoms with Crippen molar-refractivity contribution in [3.63, 3.8) is 0 Å². The minimum absolute atomic E-state index is 0.283. The number of ketones is 1. The second-order valence-corrected chi connectivity index (χ2v) is 8.05. The zero-order chi connectivity index (χ0) is 25.7. The van der Waals surface area contributed by atoms with Gasteiger partial charge in [-0.1, -0.05) is 30.3 Å². The van der Waals surface area contributed by atoms with Crippen LogP contribution in [0, 0.1) is 0 Å². The maximum atomic E-state index is 12.8. The summed E-state index contributed by atoms with van der Waals surface area (Å²) in [5, 5.41) is 8.10. The number of para-hydroxylation sites is 1. The molecule has 0 saturated heterocycles. The molecule has 2 aromatic carbocycles. The van der Waals surface area contributed by atoms with Gasteiger partial charge in [0.2, 0.25) is 5.91 Å². The number of aromatic amines is 1. The van der Waals surface area contributed by atoms with Crippen LogP contribution in [0.1, 0.15) is 56.5 Å². The SMILES string of the molecule is CC(=O)O.NC(=O)C(N)C(=O)c1c(CCCCN2C(=O)c3ccccc3C2=O)[nH]c2ccccc12. The predicted octanol–water partition coefficient (Wildman–Crippen LogP) is 1.87. The van der Waals surface area contributed by atoms with Crippen LogP contribution in [-0.2, 0) is 16.0 Å². The largest absolute Gasteiger partial charge is 0.481 e. The van der Waals surface area contributed by atoms with Crippen molar-refractivity contribution in [2.24, 2.45) is 11.5 Å². The summed E-state index contributed by atoms with van der Waals surface area (Å²) in [5.74, 6) is -2.81. The molecule has 6 N–H and O–H groups in total. The molecule has 1 aliphatic heterocycles. The van der Waals surface area contributed by atoms with Crippen LogP contribution in [0.5, 0.6) is 0 Å². The van der Waals surface area contributed by atoms with E-state index in [4.69, 9.17) is 21.4 Å². The number of carboxylic acid groups (broad SMARTS) is 1. The number of nitrogens with zero attached hydrogens (tertiary/aromatic N) is 1. The highest BCUT2D eigenvalue weighted by atomic mass is 16.4. The number of carboxylic acids is 1. The molecular formula is C25H26N4O6. The molecule has 4 rings (SSSR count). The van der Waals surface area contributed by atoms with Crippen molar-refractivity contribution in [2.75, 3.05) is 6.54 Å². The molecule has 2 heterocycles. The molecule has 182 valence electrons. The predicted molar refractivity (Wildman–Crippen MR) is 128 cm³/mol. The van der Waals surface area contributed by atoms with Gasteiger partial charge in [-0.3, -0.25) is 28.9 Å². The molecule has 1 unspecified atom stereocenters. The molecule has 1 aromatic heterocycles. The van der Waals surface area contributed by atoms with Gasteiger partial charge in [0.1, 0.15) is 6.04 Å². The Morgan fingerprint density at radius 3 is 2.09 bits per heavy atom. The number of H-pyrrole nitrogens is 1. The lowest BCUT2D eigenvalue weighted by Gasteiger charge is -2.13. The van der Waals surface area contributed by atoms with Gasteiger partial charge in [0.25, 0.3) is 17.8 Å². The fourth-order valence-electron chi connectivity index (χ4n) is 3.97. The number of aromatic nitrogens is 1. The molecular weight excluding hydrogens is 452 g/mol. The number of nitrogens with one attached hydrogen (secondary N) is 1. The lowest BCUT2D eigenvalue weighted by Crippen LogP contribution is -2.43. The number of fused-ring (bicyclic) bond motifs is 2. The number of carbonyl (C=O) groups is 5. The Bertz CT molecular complexity index is 1270. The second kappa shape index (κ2) is 10.7. The number of amides is 3. The number of aryl methyl sites for hydroxylation is 1. The normalized spacial score (nSPS) is 13.3. The van der Waals surface area contributed by atoms with E-state index in [1.807, 2.05) is 12.1 Å². The van der Waals surface area contributed by atoms with Crippen LogP contribution in [0.2, 0.25) is 0 Å². The van der Waals surface area contributed by atoms with Gasteiger partial charge in [-0.15, -0.1) is 0 Å². The first-order chi connectivity index (χ1) is 16.6. The molecule has 10 nitrogen and oxygen atoms in total. The van der Waals surface area contributed by atoms with Crippen molar-refractivity contribution in [1.82, 2.24) is 9.88 Å². The molecule has 35 heavy (non-hydrogen) atoms. The number of Topliss-reactive ketones (excluding diaryl/α,β-unsaturated/α-hetero) is 1. The van der Waals surface area contributed by atoms with Gasteiger partial charge in [0.05, 0.1) is 11.1 Å². The van der Waals surface area contributed by atoms with Gasteiger partial charge >= 0.3 is 0 Å². The minimum Gasteiger partial charge on any atom is -0.481 e. The number of primary amides is 1. The third-order valence-corrected chi connectivity index (χ3v) is 5.56. The van der Waals surface area contributed by atoms with Crippen LogP contribution >= 0.6 is 0 Å². The summed E-state index contributed by atoms with van der Waals surface area (Å²) in [6, 6.07) is 12.6. The van der Waals surface area contributed by atoms with Crippen molar-refractivity contribution in [2.45, 2.75) is 32.2 Å². The molecule has 0 spiro atoms. The first kappa shape index (κ1) is 25.3. The average molecular weight is 479 g/mol. The van der Waals surface area contributed by atoms with E-state index in [1.54, 1.807) is 36.4 Å². The van der Waals surface area contributed by atoms with E-state index < -0.39 is 23.7 Å². The maximum absolute atomic E-state index is 12.8. The molecule has 1 atom stereocenters. The van der Waals surface area contributed by atoms with Crippen molar-refractivity contribution in [1.29, 1.82) is 0 Å². The van der Waals surface area contributed by atoms with Gasteiger partial charge in [0.15, 0.2) is 5.78 Å². The van der Waals surface area contributed by atoms with Gasteiger partial charge in [-0.05, 0) is 37.5 Å². The Kier molecular flexibility index (Phi) is 7.77. The summed E-state index contributed by atoms with van der Waals surface area (Å²) in [7, 11) is 0. The fourth-order valence-corrected chi connectivity index (χ4v) is 3.97. The van der Waals surface area contributed by atoms with Crippen LogP contribution in [0.4, 0.5) is 0 Å². The Morgan fingerprint density at radius 2 is 1.51 bits per heavy atom. The quantitative estimate of drug-likeness (QED) is 0.165. The molecule has 1 aliphatic rings. The Hall–Kier alpha value is -4.31. The third kappa shape index (κ3) is 5.44. The van der Waals surface area contributed by atoms with E-state index in [0.29, 0.717) is 47.0 Å². The van der Waals surface area contributed by atoms with Crippen LogP contribution in [0.25, 0.3) is 10.9 Å². The second-order valence-electron chi connectivity index (χ2n) is 8.05. The topological polar surface area (TPSA) is 177 Å². The van der Waals surface area contributed by atoms with Crippen LogP contribution in [-0.4, -0.2) is 57.1 Å². The number of unbranched alkanes of at least 4 members (excludes halogenated alkanes) is 1. The third-order valence-electron chi connectivity index (χ3n) is 5.56.